The number of rotatable bonds is 3. The Bertz CT molecular complexity index is 801. The summed E-state index contributed by atoms with van der Waals surface area (Å²) in [6, 6.07) is 7.82. The van der Waals surface area contributed by atoms with E-state index in [1.807, 2.05) is 19.2 Å². The van der Waals surface area contributed by atoms with Crippen molar-refractivity contribution in [3.05, 3.63) is 81.9 Å². The Morgan fingerprint density at radius 1 is 0.769 bits per heavy atom. The predicted octanol–water partition coefficient (Wildman–Crippen LogP) is 5.48. The third-order valence-electron chi connectivity index (χ3n) is 4.51. The summed E-state index contributed by atoms with van der Waals surface area (Å²) < 4.78 is 53.0. The van der Waals surface area contributed by atoms with Gasteiger partial charge in [0.25, 0.3) is 0 Å². The van der Waals surface area contributed by atoms with E-state index in [0.717, 1.165) is 36.1 Å². The smallest absolute Gasteiger partial charge is 0.159 e. The normalized spacial score (nSPS) is 20.7. The molecule has 0 spiro atoms. The van der Waals surface area contributed by atoms with Gasteiger partial charge in [0.2, 0.25) is 0 Å². The molecule has 1 nitrogen and oxygen atoms in total. The van der Waals surface area contributed by atoms with Gasteiger partial charge in [0.15, 0.2) is 23.3 Å². The van der Waals surface area contributed by atoms with Gasteiger partial charge >= 0.3 is 0 Å². The zero-order chi connectivity index (χ0) is 18.7. The molecule has 0 aliphatic heterocycles. The van der Waals surface area contributed by atoms with E-state index in [1.54, 1.807) is 0 Å². The highest BCUT2D eigenvalue weighted by Gasteiger charge is 2.19. The quantitative estimate of drug-likeness (QED) is 0.714. The molecule has 0 unspecified atom stereocenters. The third-order valence-corrected chi connectivity index (χ3v) is 4.51. The highest BCUT2D eigenvalue weighted by Crippen LogP contribution is 2.31. The fourth-order valence-corrected chi connectivity index (χ4v) is 3.24. The van der Waals surface area contributed by atoms with E-state index in [4.69, 9.17) is 0 Å². The van der Waals surface area contributed by atoms with E-state index < -0.39 is 23.3 Å². The fraction of sp³-hybridized carbons (Fsp3) is 0.238. The van der Waals surface area contributed by atoms with Crippen LogP contribution < -0.4 is 5.32 Å². The maximum absolute atomic E-state index is 13.4. The summed E-state index contributed by atoms with van der Waals surface area (Å²) in [5.74, 6) is -3.50. The van der Waals surface area contributed by atoms with Gasteiger partial charge in [-0.05, 0) is 61.7 Å². The van der Waals surface area contributed by atoms with Crippen molar-refractivity contribution in [3.8, 4) is 0 Å². The van der Waals surface area contributed by atoms with E-state index >= 15 is 0 Å². The molecule has 0 aromatic heterocycles. The molecule has 1 saturated carbocycles. The summed E-state index contributed by atoms with van der Waals surface area (Å²) in [4.78, 5) is 0. The predicted molar refractivity (Wildman–Crippen MR) is 95.4 cm³/mol. The van der Waals surface area contributed by atoms with E-state index in [1.165, 1.54) is 24.3 Å². The Hall–Kier alpha value is -2.40. The summed E-state index contributed by atoms with van der Waals surface area (Å²) in [6.07, 6.45) is 5.92. The van der Waals surface area contributed by atoms with Crippen molar-refractivity contribution in [1.82, 2.24) is 5.32 Å². The number of halogens is 4. The number of hydrogen-bond donors (Lipinski definition) is 1. The molecule has 136 valence electrons. The highest BCUT2D eigenvalue weighted by atomic mass is 19.2. The molecule has 0 atom stereocenters. The van der Waals surface area contributed by atoms with Crippen molar-refractivity contribution in [1.29, 1.82) is 0 Å². The van der Waals surface area contributed by atoms with Crippen LogP contribution in [0.4, 0.5) is 17.6 Å². The van der Waals surface area contributed by atoms with Crippen LogP contribution in [0.1, 0.15) is 30.4 Å². The zero-order valence-corrected chi connectivity index (χ0v) is 14.3. The standard InChI is InChI=1S/C21H19F4N/c1-26-17-9-15(6-13-2-4-18(22)20(24)11-13)8-16(10-17)7-14-3-5-19(23)21(25)12-14/h2-7,11-12,17,26H,8-10H2,1H3/b15-6-,16-7-. The van der Waals surface area contributed by atoms with Gasteiger partial charge in [-0.25, -0.2) is 17.6 Å². The van der Waals surface area contributed by atoms with Crippen LogP contribution in [0.5, 0.6) is 0 Å². The molecule has 2 aromatic carbocycles. The first kappa shape index (κ1) is 18.4. The molecular weight excluding hydrogens is 342 g/mol. The van der Waals surface area contributed by atoms with Crippen LogP contribution in [0, 0.1) is 23.3 Å². The van der Waals surface area contributed by atoms with Crippen molar-refractivity contribution < 1.29 is 17.6 Å². The van der Waals surface area contributed by atoms with Gasteiger partial charge in [-0.1, -0.05) is 35.4 Å². The molecule has 3 rings (SSSR count). The van der Waals surface area contributed by atoms with Crippen molar-refractivity contribution in [2.75, 3.05) is 7.05 Å². The van der Waals surface area contributed by atoms with Crippen LogP contribution in [0.15, 0.2) is 47.5 Å². The second kappa shape index (κ2) is 7.87. The summed E-state index contributed by atoms with van der Waals surface area (Å²) >= 11 is 0. The Morgan fingerprint density at radius 2 is 1.23 bits per heavy atom. The largest absolute Gasteiger partial charge is 0.316 e. The van der Waals surface area contributed by atoms with Crippen molar-refractivity contribution >= 4 is 12.2 Å². The minimum absolute atomic E-state index is 0.192. The molecule has 5 heteroatoms. The van der Waals surface area contributed by atoms with E-state index in [2.05, 4.69) is 5.32 Å². The highest BCUT2D eigenvalue weighted by molar-refractivity contribution is 5.59. The van der Waals surface area contributed by atoms with E-state index in [9.17, 15) is 17.6 Å². The molecule has 1 N–H and O–H groups in total. The van der Waals surface area contributed by atoms with Gasteiger partial charge in [0, 0.05) is 6.04 Å². The lowest BCUT2D eigenvalue weighted by Crippen LogP contribution is -2.29. The number of benzene rings is 2. The molecular formula is C21H19F4N. The van der Waals surface area contributed by atoms with Crippen molar-refractivity contribution in [3.63, 3.8) is 0 Å². The van der Waals surface area contributed by atoms with E-state index in [-0.39, 0.29) is 6.04 Å². The van der Waals surface area contributed by atoms with Crippen molar-refractivity contribution in [2.45, 2.75) is 25.3 Å². The maximum Gasteiger partial charge on any atom is 0.159 e. The van der Waals surface area contributed by atoms with Crippen LogP contribution in [0.25, 0.3) is 12.2 Å². The average Bonchev–Trinajstić information content (AvgIpc) is 2.61. The van der Waals surface area contributed by atoms with Gasteiger partial charge < -0.3 is 5.32 Å². The van der Waals surface area contributed by atoms with Crippen LogP contribution in [-0.4, -0.2) is 13.1 Å². The molecule has 26 heavy (non-hydrogen) atoms. The Kier molecular flexibility index (Phi) is 5.57. The summed E-state index contributed by atoms with van der Waals surface area (Å²) in [7, 11) is 1.86. The maximum atomic E-state index is 13.4. The molecule has 0 radical (unpaired) electrons. The number of hydrogen-bond acceptors (Lipinski definition) is 1. The van der Waals surface area contributed by atoms with Crippen LogP contribution in [-0.2, 0) is 0 Å². The molecule has 1 aliphatic rings. The first-order valence-electron chi connectivity index (χ1n) is 8.41. The molecule has 0 saturated heterocycles. The molecule has 0 heterocycles. The second-order valence-corrected chi connectivity index (χ2v) is 6.52. The third kappa shape index (κ3) is 4.41. The van der Waals surface area contributed by atoms with Crippen LogP contribution in [0.3, 0.4) is 0 Å². The summed E-state index contributed by atoms with van der Waals surface area (Å²) in [6.45, 7) is 0. The lowest BCUT2D eigenvalue weighted by atomic mass is 9.85. The Balaban J connectivity index is 1.88. The Labute approximate surface area is 150 Å². The summed E-state index contributed by atoms with van der Waals surface area (Å²) in [5, 5.41) is 3.23. The minimum Gasteiger partial charge on any atom is -0.316 e. The van der Waals surface area contributed by atoms with Gasteiger partial charge in [-0.2, -0.15) is 0 Å². The monoisotopic (exact) mass is 361 g/mol. The van der Waals surface area contributed by atoms with Gasteiger partial charge in [-0.15, -0.1) is 0 Å². The number of nitrogens with one attached hydrogen (secondary N) is 1. The lowest BCUT2D eigenvalue weighted by Gasteiger charge is -2.26. The molecule has 2 aromatic rings. The van der Waals surface area contributed by atoms with E-state index in [0.29, 0.717) is 17.5 Å². The Morgan fingerprint density at radius 3 is 1.62 bits per heavy atom. The molecule has 0 bridgehead atoms. The lowest BCUT2D eigenvalue weighted by molar-refractivity contribution is 0.508. The van der Waals surface area contributed by atoms with Gasteiger partial charge in [0.05, 0.1) is 0 Å². The second-order valence-electron chi connectivity index (χ2n) is 6.52. The zero-order valence-electron chi connectivity index (χ0n) is 14.3. The first-order chi connectivity index (χ1) is 12.4. The van der Waals surface area contributed by atoms with Gasteiger partial charge in [-0.3, -0.25) is 0 Å². The molecule has 1 aliphatic carbocycles. The van der Waals surface area contributed by atoms with Gasteiger partial charge in [0.1, 0.15) is 0 Å². The van der Waals surface area contributed by atoms with Crippen LogP contribution >= 0.6 is 0 Å². The topological polar surface area (TPSA) is 12.0 Å². The van der Waals surface area contributed by atoms with Crippen LogP contribution in [0.2, 0.25) is 0 Å². The first-order valence-corrected chi connectivity index (χ1v) is 8.41. The average molecular weight is 361 g/mol. The van der Waals surface area contributed by atoms with Crippen molar-refractivity contribution in [2.24, 2.45) is 0 Å². The summed E-state index contributed by atoms with van der Waals surface area (Å²) in [5.41, 5.74) is 3.33. The minimum atomic E-state index is -0.877. The fourth-order valence-electron chi connectivity index (χ4n) is 3.24. The molecule has 0 amide bonds. The SMILES string of the molecule is CNC1C/C(=C\c2ccc(F)c(F)c2)C/C(=C/c2ccc(F)c(F)c2)C1. The molecule has 1 fully saturated rings.